The lowest BCUT2D eigenvalue weighted by Gasteiger charge is -2.16. The van der Waals surface area contributed by atoms with Crippen molar-refractivity contribution in [2.24, 2.45) is 5.73 Å². The van der Waals surface area contributed by atoms with Crippen LogP contribution in [0.2, 0.25) is 0 Å². The molecule has 4 heteroatoms. The molecule has 0 bridgehead atoms. The molecule has 1 unspecified atom stereocenters. The van der Waals surface area contributed by atoms with Crippen molar-refractivity contribution in [2.45, 2.75) is 19.3 Å². The molecule has 0 aliphatic rings. The van der Waals surface area contributed by atoms with Crippen LogP contribution in [0.15, 0.2) is 54.6 Å². The molecule has 0 aliphatic carbocycles. The second kappa shape index (κ2) is 6.70. The summed E-state index contributed by atoms with van der Waals surface area (Å²) in [5.41, 5.74) is 7.03. The molecular formula is C17H18N2O2. The van der Waals surface area contributed by atoms with Gasteiger partial charge in [0, 0.05) is 0 Å². The highest BCUT2D eigenvalue weighted by Crippen LogP contribution is 2.22. The van der Waals surface area contributed by atoms with Crippen LogP contribution in [-0.4, -0.2) is 11.8 Å². The van der Waals surface area contributed by atoms with E-state index in [9.17, 15) is 9.59 Å². The van der Waals surface area contributed by atoms with E-state index in [1.54, 1.807) is 24.3 Å². The first-order chi connectivity index (χ1) is 10.1. The smallest absolute Gasteiger partial charge is 0.250 e. The Balaban J connectivity index is 2.23. The summed E-state index contributed by atoms with van der Waals surface area (Å²) in [6.45, 7) is 1.96. The number of amides is 2. The van der Waals surface area contributed by atoms with Gasteiger partial charge in [-0.05, 0) is 24.1 Å². The molecule has 21 heavy (non-hydrogen) atoms. The predicted molar refractivity (Wildman–Crippen MR) is 83.1 cm³/mol. The van der Waals surface area contributed by atoms with Crippen molar-refractivity contribution >= 4 is 17.5 Å². The van der Waals surface area contributed by atoms with Gasteiger partial charge in [0.25, 0.3) is 5.91 Å². The van der Waals surface area contributed by atoms with E-state index in [1.165, 1.54) is 0 Å². The maximum Gasteiger partial charge on any atom is 0.250 e. The van der Waals surface area contributed by atoms with Crippen LogP contribution in [0.3, 0.4) is 0 Å². The molecule has 0 fully saturated rings. The van der Waals surface area contributed by atoms with E-state index < -0.39 is 5.91 Å². The predicted octanol–water partition coefficient (Wildman–Crippen LogP) is 2.92. The summed E-state index contributed by atoms with van der Waals surface area (Å²) in [6.07, 6.45) is 0.675. The van der Waals surface area contributed by atoms with Gasteiger partial charge in [-0.1, -0.05) is 49.4 Å². The number of anilines is 1. The maximum atomic E-state index is 12.5. The Bertz CT molecular complexity index is 638. The number of rotatable bonds is 5. The quantitative estimate of drug-likeness (QED) is 0.885. The Morgan fingerprint density at radius 1 is 1.05 bits per heavy atom. The second-order valence-electron chi connectivity index (χ2n) is 4.77. The van der Waals surface area contributed by atoms with Crippen LogP contribution in [-0.2, 0) is 4.79 Å². The number of hydrogen-bond acceptors (Lipinski definition) is 2. The topological polar surface area (TPSA) is 72.2 Å². The van der Waals surface area contributed by atoms with E-state index in [0.29, 0.717) is 17.7 Å². The Morgan fingerprint density at radius 2 is 1.67 bits per heavy atom. The van der Waals surface area contributed by atoms with Crippen molar-refractivity contribution in [3.8, 4) is 0 Å². The second-order valence-corrected chi connectivity index (χ2v) is 4.77. The molecule has 0 aromatic heterocycles. The molecule has 2 rings (SSSR count). The van der Waals surface area contributed by atoms with Crippen LogP contribution in [0.5, 0.6) is 0 Å². The molecule has 2 amide bonds. The van der Waals surface area contributed by atoms with E-state index in [1.807, 2.05) is 37.3 Å². The van der Waals surface area contributed by atoms with Gasteiger partial charge < -0.3 is 11.1 Å². The molecule has 0 heterocycles. The zero-order valence-electron chi connectivity index (χ0n) is 11.9. The molecule has 2 aromatic carbocycles. The number of primary amides is 1. The number of carbonyl (C=O) groups is 2. The fourth-order valence-electron chi connectivity index (χ4n) is 2.28. The van der Waals surface area contributed by atoms with Gasteiger partial charge >= 0.3 is 0 Å². The minimum absolute atomic E-state index is 0.141. The van der Waals surface area contributed by atoms with Crippen LogP contribution in [0.1, 0.15) is 35.2 Å². The fourth-order valence-corrected chi connectivity index (χ4v) is 2.28. The molecule has 0 aliphatic heterocycles. The SMILES string of the molecule is CCC(C(=O)Nc1ccccc1C(N)=O)c1ccccc1. The lowest BCUT2D eigenvalue weighted by atomic mass is 9.95. The largest absolute Gasteiger partial charge is 0.366 e. The number of nitrogens with two attached hydrogens (primary N) is 1. The molecule has 3 N–H and O–H groups in total. The lowest BCUT2D eigenvalue weighted by molar-refractivity contribution is -0.117. The summed E-state index contributed by atoms with van der Waals surface area (Å²) >= 11 is 0. The molecule has 0 spiro atoms. The number of para-hydroxylation sites is 1. The minimum Gasteiger partial charge on any atom is -0.366 e. The van der Waals surface area contributed by atoms with Gasteiger partial charge in [-0.3, -0.25) is 9.59 Å². The van der Waals surface area contributed by atoms with E-state index in [4.69, 9.17) is 5.73 Å². The molecule has 0 radical (unpaired) electrons. The molecule has 0 saturated heterocycles. The van der Waals surface area contributed by atoms with Crippen LogP contribution in [0.25, 0.3) is 0 Å². The first-order valence-corrected chi connectivity index (χ1v) is 6.88. The normalized spacial score (nSPS) is 11.7. The number of hydrogen-bond donors (Lipinski definition) is 2. The van der Waals surface area contributed by atoms with Crippen LogP contribution >= 0.6 is 0 Å². The summed E-state index contributed by atoms with van der Waals surface area (Å²) in [5.74, 6) is -0.955. The average Bonchev–Trinajstić information content (AvgIpc) is 2.49. The first kappa shape index (κ1) is 14.8. The van der Waals surface area contributed by atoms with Crippen molar-refractivity contribution in [1.29, 1.82) is 0 Å². The first-order valence-electron chi connectivity index (χ1n) is 6.88. The lowest BCUT2D eigenvalue weighted by Crippen LogP contribution is -2.23. The summed E-state index contributed by atoms with van der Waals surface area (Å²) in [5, 5.41) is 2.80. The Kier molecular flexibility index (Phi) is 4.72. The maximum absolute atomic E-state index is 12.5. The highest BCUT2D eigenvalue weighted by atomic mass is 16.2. The van der Waals surface area contributed by atoms with Crippen LogP contribution < -0.4 is 11.1 Å². The zero-order valence-corrected chi connectivity index (χ0v) is 11.9. The number of benzene rings is 2. The van der Waals surface area contributed by atoms with Gasteiger partial charge in [0.2, 0.25) is 5.91 Å². The molecule has 0 saturated carbocycles. The zero-order chi connectivity index (χ0) is 15.2. The highest BCUT2D eigenvalue weighted by Gasteiger charge is 2.20. The third kappa shape index (κ3) is 3.48. The Hall–Kier alpha value is -2.62. The fraction of sp³-hybridized carbons (Fsp3) is 0.176. The molecule has 4 nitrogen and oxygen atoms in total. The van der Waals surface area contributed by atoms with E-state index in [-0.39, 0.29) is 11.8 Å². The summed E-state index contributed by atoms with van der Waals surface area (Å²) in [6, 6.07) is 16.3. The molecular weight excluding hydrogens is 264 g/mol. The Labute approximate surface area is 124 Å². The molecule has 108 valence electrons. The average molecular weight is 282 g/mol. The van der Waals surface area contributed by atoms with Gasteiger partial charge in [-0.25, -0.2) is 0 Å². The van der Waals surface area contributed by atoms with E-state index in [2.05, 4.69) is 5.32 Å². The van der Waals surface area contributed by atoms with Crippen LogP contribution in [0, 0.1) is 0 Å². The van der Waals surface area contributed by atoms with Gasteiger partial charge in [0.05, 0.1) is 17.2 Å². The van der Waals surface area contributed by atoms with Crippen molar-refractivity contribution in [1.82, 2.24) is 0 Å². The summed E-state index contributed by atoms with van der Waals surface area (Å²) in [7, 11) is 0. The minimum atomic E-state index is -0.557. The van der Waals surface area contributed by atoms with E-state index >= 15 is 0 Å². The monoisotopic (exact) mass is 282 g/mol. The third-order valence-electron chi connectivity index (χ3n) is 3.38. The molecule has 1 atom stereocenters. The van der Waals surface area contributed by atoms with Gasteiger partial charge in [-0.15, -0.1) is 0 Å². The van der Waals surface area contributed by atoms with Gasteiger partial charge in [-0.2, -0.15) is 0 Å². The van der Waals surface area contributed by atoms with Crippen molar-refractivity contribution < 1.29 is 9.59 Å². The highest BCUT2D eigenvalue weighted by molar-refractivity contribution is 6.04. The summed E-state index contributed by atoms with van der Waals surface area (Å²) < 4.78 is 0. The third-order valence-corrected chi connectivity index (χ3v) is 3.38. The van der Waals surface area contributed by atoms with Gasteiger partial charge in [0.15, 0.2) is 0 Å². The molecule has 2 aromatic rings. The van der Waals surface area contributed by atoms with Gasteiger partial charge in [0.1, 0.15) is 0 Å². The van der Waals surface area contributed by atoms with E-state index in [0.717, 1.165) is 5.56 Å². The Morgan fingerprint density at radius 3 is 2.29 bits per heavy atom. The summed E-state index contributed by atoms with van der Waals surface area (Å²) in [4.78, 5) is 23.8. The van der Waals surface area contributed by atoms with Crippen molar-refractivity contribution in [2.75, 3.05) is 5.32 Å². The number of carbonyl (C=O) groups excluding carboxylic acids is 2. The van der Waals surface area contributed by atoms with Crippen LogP contribution in [0.4, 0.5) is 5.69 Å². The van der Waals surface area contributed by atoms with Crippen molar-refractivity contribution in [3.05, 3.63) is 65.7 Å². The van der Waals surface area contributed by atoms with Crippen molar-refractivity contribution in [3.63, 3.8) is 0 Å². The number of nitrogens with one attached hydrogen (secondary N) is 1. The standard InChI is InChI=1S/C17H18N2O2/c1-2-13(12-8-4-3-5-9-12)17(21)19-15-11-7-6-10-14(15)16(18)20/h3-11,13H,2H2,1H3,(H2,18,20)(H,19,21).